The summed E-state index contributed by atoms with van der Waals surface area (Å²) in [4.78, 5) is 12.9. The lowest BCUT2D eigenvalue weighted by atomic mass is 10.1. The van der Waals surface area contributed by atoms with Crippen LogP contribution in [0, 0.1) is 0 Å². The molecule has 4 nitrogen and oxygen atoms in total. The Morgan fingerprint density at radius 1 is 0.840 bits per heavy atom. The monoisotopic (exact) mass is 351 g/mol. The fourth-order valence-electron chi connectivity index (χ4n) is 2.33. The van der Waals surface area contributed by atoms with Crippen molar-refractivity contribution in [2.45, 2.75) is 76.9 Å². The van der Waals surface area contributed by atoms with Crippen molar-refractivity contribution in [2.75, 3.05) is 14.1 Å². The maximum atomic E-state index is 11.4. The summed E-state index contributed by atoms with van der Waals surface area (Å²) in [6.07, 6.45) is 18.6. The van der Waals surface area contributed by atoms with Gasteiger partial charge < -0.3 is 15.1 Å². The number of rotatable bonds is 14. The molecule has 0 aromatic heterocycles. The van der Waals surface area contributed by atoms with Gasteiger partial charge in [-0.1, -0.05) is 81.9 Å². The third-order valence-corrected chi connectivity index (χ3v) is 4.01. The van der Waals surface area contributed by atoms with Crippen molar-refractivity contribution >= 4 is 5.91 Å². The minimum atomic E-state index is -0.615. The zero-order valence-electron chi connectivity index (χ0n) is 16.2. The molecule has 0 aliphatic carbocycles. The van der Waals surface area contributed by atoms with E-state index in [0.29, 0.717) is 12.8 Å². The minimum Gasteiger partial charge on any atom is -0.389 e. The van der Waals surface area contributed by atoms with Gasteiger partial charge in [0.05, 0.1) is 12.2 Å². The predicted molar refractivity (Wildman–Crippen MR) is 105 cm³/mol. The molecule has 0 aromatic rings. The second-order valence-electron chi connectivity index (χ2n) is 6.67. The Hall–Kier alpha value is -1.39. The van der Waals surface area contributed by atoms with Crippen molar-refractivity contribution < 1.29 is 15.0 Å². The molecule has 0 heterocycles. The first-order chi connectivity index (χ1) is 12.0. The van der Waals surface area contributed by atoms with Crippen molar-refractivity contribution in [1.82, 2.24) is 4.90 Å². The van der Waals surface area contributed by atoms with Crippen LogP contribution in [0.1, 0.15) is 64.7 Å². The van der Waals surface area contributed by atoms with Gasteiger partial charge in [-0.2, -0.15) is 0 Å². The second-order valence-corrected chi connectivity index (χ2v) is 6.67. The van der Waals surface area contributed by atoms with Crippen molar-refractivity contribution in [3.05, 3.63) is 36.5 Å². The zero-order chi connectivity index (χ0) is 18.9. The molecule has 0 aromatic carbocycles. The molecule has 25 heavy (non-hydrogen) atoms. The van der Waals surface area contributed by atoms with E-state index in [1.54, 1.807) is 32.3 Å². The van der Waals surface area contributed by atoms with E-state index in [2.05, 4.69) is 6.92 Å². The van der Waals surface area contributed by atoms with E-state index in [-0.39, 0.29) is 12.0 Å². The van der Waals surface area contributed by atoms with Crippen LogP contribution < -0.4 is 0 Å². The number of nitrogens with zero attached hydrogens (tertiary/aromatic N) is 1. The fourth-order valence-corrected chi connectivity index (χ4v) is 2.33. The minimum absolute atomic E-state index is 0.0188. The Kier molecular flexibility index (Phi) is 15.2. The number of carbonyl (C=O) groups is 1. The first-order valence-electron chi connectivity index (χ1n) is 9.55. The van der Waals surface area contributed by atoms with Crippen LogP contribution in [0.2, 0.25) is 0 Å². The predicted octanol–water partition coefficient (Wildman–Crippen LogP) is 4.00. The standard InChI is InChI=1S/C21H37NO3/c1-4-5-6-7-8-11-14-19(23)15-12-9-10-13-16-20(24)17-18-21(25)22(2)3/h9-10,12-13,15-16,19-20,23-24H,4-8,11,14,17-18H2,1-3H3/b10-9+,15-12+,16-13+. The van der Waals surface area contributed by atoms with Gasteiger partial charge in [-0.25, -0.2) is 0 Å². The highest BCUT2D eigenvalue weighted by Gasteiger charge is 2.06. The number of hydrogen-bond acceptors (Lipinski definition) is 3. The second kappa shape index (κ2) is 16.1. The number of allylic oxidation sites excluding steroid dienone is 4. The summed E-state index contributed by atoms with van der Waals surface area (Å²) < 4.78 is 0. The van der Waals surface area contributed by atoms with E-state index in [1.165, 1.54) is 37.0 Å². The normalized spacial score (nSPS) is 14.6. The molecule has 0 bridgehead atoms. The van der Waals surface area contributed by atoms with Gasteiger partial charge in [0.1, 0.15) is 0 Å². The summed E-state index contributed by atoms with van der Waals surface area (Å²) in [6.45, 7) is 2.21. The molecule has 2 atom stereocenters. The molecule has 0 radical (unpaired) electrons. The summed E-state index contributed by atoms with van der Waals surface area (Å²) in [5.41, 5.74) is 0. The molecule has 4 heteroatoms. The Balaban J connectivity index is 3.79. The largest absolute Gasteiger partial charge is 0.389 e. The van der Waals surface area contributed by atoms with Crippen molar-refractivity contribution in [3.63, 3.8) is 0 Å². The molecule has 0 fully saturated rings. The van der Waals surface area contributed by atoms with Crippen LogP contribution in [0.5, 0.6) is 0 Å². The number of hydrogen-bond donors (Lipinski definition) is 2. The first kappa shape index (κ1) is 23.6. The van der Waals surface area contributed by atoms with Gasteiger partial charge in [-0.05, 0) is 12.8 Å². The summed E-state index contributed by atoms with van der Waals surface area (Å²) >= 11 is 0. The van der Waals surface area contributed by atoms with Crippen LogP contribution in [-0.2, 0) is 4.79 Å². The van der Waals surface area contributed by atoms with Crippen molar-refractivity contribution in [1.29, 1.82) is 0 Å². The van der Waals surface area contributed by atoms with E-state index in [1.807, 2.05) is 18.2 Å². The van der Waals surface area contributed by atoms with E-state index in [0.717, 1.165) is 12.8 Å². The van der Waals surface area contributed by atoms with Gasteiger partial charge in [0, 0.05) is 20.5 Å². The van der Waals surface area contributed by atoms with Gasteiger partial charge in [-0.15, -0.1) is 0 Å². The lowest BCUT2D eigenvalue weighted by molar-refractivity contribution is -0.129. The summed E-state index contributed by atoms with van der Waals surface area (Å²) in [6, 6.07) is 0. The van der Waals surface area contributed by atoms with Crippen LogP contribution in [0.3, 0.4) is 0 Å². The van der Waals surface area contributed by atoms with E-state index in [4.69, 9.17) is 0 Å². The van der Waals surface area contributed by atoms with Gasteiger partial charge >= 0.3 is 0 Å². The maximum Gasteiger partial charge on any atom is 0.222 e. The number of unbranched alkanes of at least 4 members (excludes halogenated alkanes) is 5. The van der Waals surface area contributed by atoms with Gasteiger partial charge in [0.2, 0.25) is 5.91 Å². The van der Waals surface area contributed by atoms with Crippen LogP contribution in [0.4, 0.5) is 0 Å². The molecule has 1 amide bonds. The van der Waals surface area contributed by atoms with Gasteiger partial charge in [0.25, 0.3) is 0 Å². The highest BCUT2D eigenvalue weighted by Crippen LogP contribution is 2.09. The molecule has 2 N–H and O–H groups in total. The molecule has 144 valence electrons. The van der Waals surface area contributed by atoms with Crippen molar-refractivity contribution in [3.8, 4) is 0 Å². The zero-order valence-corrected chi connectivity index (χ0v) is 16.2. The SMILES string of the molecule is CCCCCCCCC(O)/C=C/C=C/C=C/C(O)CCC(=O)N(C)C. The Labute approximate surface area is 153 Å². The van der Waals surface area contributed by atoms with Gasteiger partial charge in [0.15, 0.2) is 0 Å². The van der Waals surface area contributed by atoms with E-state index >= 15 is 0 Å². The third kappa shape index (κ3) is 15.9. The summed E-state index contributed by atoms with van der Waals surface area (Å²) in [5, 5.41) is 19.6. The molecule has 0 saturated heterocycles. The smallest absolute Gasteiger partial charge is 0.222 e. The van der Waals surface area contributed by atoms with Crippen LogP contribution in [0.15, 0.2) is 36.5 Å². The summed E-state index contributed by atoms with van der Waals surface area (Å²) in [5.74, 6) is 0.0188. The molecular formula is C21H37NO3. The topological polar surface area (TPSA) is 60.8 Å². The fraction of sp³-hybridized carbons (Fsp3) is 0.667. The van der Waals surface area contributed by atoms with Crippen molar-refractivity contribution in [2.24, 2.45) is 0 Å². The molecule has 0 saturated carbocycles. The lowest BCUT2D eigenvalue weighted by Crippen LogP contribution is -2.22. The average molecular weight is 352 g/mol. The van der Waals surface area contributed by atoms with E-state index < -0.39 is 6.10 Å². The molecular weight excluding hydrogens is 314 g/mol. The number of carbonyl (C=O) groups excluding carboxylic acids is 1. The van der Waals surface area contributed by atoms with E-state index in [9.17, 15) is 15.0 Å². The third-order valence-electron chi connectivity index (χ3n) is 4.01. The quantitative estimate of drug-likeness (QED) is 0.367. The van der Waals surface area contributed by atoms with Crippen LogP contribution >= 0.6 is 0 Å². The average Bonchev–Trinajstić information content (AvgIpc) is 2.58. The Morgan fingerprint density at radius 2 is 1.36 bits per heavy atom. The molecule has 0 aliphatic rings. The molecule has 0 rings (SSSR count). The Morgan fingerprint density at radius 3 is 1.92 bits per heavy atom. The number of aliphatic hydroxyl groups excluding tert-OH is 2. The highest BCUT2D eigenvalue weighted by atomic mass is 16.3. The molecule has 0 spiro atoms. The first-order valence-corrected chi connectivity index (χ1v) is 9.55. The molecule has 2 unspecified atom stereocenters. The maximum absolute atomic E-state index is 11.4. The van der Waals surface area contributed by atoms with Crippen LogP contribution in [0.25, 0.3) is 0 Å². The number of aliphatic hydroxyl groups is 2. The van der Waals surface area contributed by atoms with Gasteiger partial charge in [-0.3, -0.25) is 4.79 Å². The lowest BCUT2D eigenvalue weighted by Gasteiger charge is -2.10. The Bertz CT molecular complexity index is 413. The molecule has 0 aliphatic heterocycles. The number of amides is 1. The van der Waals surface area contributed by atoms with Crippen LogP contribution in [-0.4, -0.2) is 47.3 Å². The summed E-state index contributed by atoms with van der Waals surface area (Å²) in [7, 11) is 3.42. The highest BCUT2D eigenvalue weighted by molar-refractivity contribution is 5.75.